The van der Waals surface area contributed by atoms with Crippen LogP contribution in [0.3, 0.4) is 0 Å². The lowest BCUT2D eigenvalue weighted by molar-refractivity contribution is -0.115. The number of amides is 3. The molecule has 1 aliphatic heterocycles. The van der Waals surface area contributed by atoms with Gasteiger partial charge in [-0.1, -0.05) is 32.9 Å². The lowest BCUT2D eigenvalue weighted by atomic mass is 9.87. The standard InChI is InChI=1S/C25H32N4O3/c1-25(2,3)20-9-5-18(6-10-20)23(31)26-17-22(30)27-21-11-7-19(8-12-21)24(32)29-15-13-28(4)14-16-29/h5-12H,13-17H2,1-4H3,(H,26,31)(H,27,30). The van der Waals surface area contributed by atoms with Gasteiger partial charge in [-0.15, -0.1) is 0 Å². The monoisotopic (exact) mass is 436 g/mol. The summed E-state index contributed by atoms with van der Waals surface area (Å²) in [4.78, 5) is 41.2. The Morgan fingerprint density at radius 3 is 1.97 bits per heavy atom. The number of hydrogen-bond donors (Lipinski definition) is 2. The number of nitrogens with zero attached hydrogens (tertiary/aromatic N) is 2. The van der Waals surface area contributed by atoms with E-state index in [2.05, 4.69) is 36.3 Å². The molecule has 170 valence electrons. The Labute approximate surface area is 189 Å². The molecule has 2 aromatic rings. The van der Waals surface area contributed by atoms with E-state index in [0.29, 0.717) is 29.9 Å². The Hall–Kier alpha value is -3.19. The molecular formula is C25H32N4O3. The topological polar surface area (TPSA) is 81.8 Å². The summed E-state index contributed by atoms with van der Waals surface area (Å²) in [6.45, 7) is 9.36. The normalized spacial score (nSPS) is 14.7. The van der Waals surface area contributed by atoms with E-state index in [0.717, 1.165) is 18.7 Å². The number of rotatable bonds is 5. The molecule has 1 fully saturated rings. The Bertz CT molecular complexity index is 954. The number of likely N-dealkylation sites (N-methyl/N-ethyl adjacent to an activating group) is 1. The zero-order valence-corrected chi connectivity index (χ0v) is 19.3. The molecule has 0 bridgehead atoms. The number of carbonyl (C=O) groups is 3. The minimum Gasteiger partial charge on any atom is -0.343 e. The smallest absolute Gasteiger partial charge is 0.253 e. The highest BCUT2D eigenvalue weighted by atomic mass is 16.2. The largest absolute Gasteiger partial charge is 0.343 e. The van der Waals surface area contributed by atoms with Crippen molar-refractivity contribution in [3.8, 4) is 0 Å². The quantitative estimate of drug-likeness (QED) is 0.755. The molecule has 32 heavy (non-hydrogen) atoms. The van der Waals surface area contributed by atoms with E-state index in [4.69, 9.17) is 0 Å². The molecule has 2 N–H and O–H groups in total. The summed E-state index contributed by atoms with van der Waals surface area (Å²) in [7, 11) is 2.05. The SMILES string of the molecule is CN1CCN(C(=O)c2ccc(NC(=O)CNC(=O)c3ccc(C(C)(C)C)cc3)cc2)CC1. The molecule has 2 aromatic carbocycles. The van der Waals surface area contributed by atoms with Crippen molar-refractivity contribution in [2.75, 3.05) is 45.1 Å². The van der Waals surface area contributed by atoms with E-state index >= 15 is 0 Å². The van der Waals surface area contributed by atoms with Crippen molar-refractivity contribution in [3.05, 3.63) is 65.2 Å². The fraction of sp³-hybridized carbons (Fsp3) is 0.400. The maximum Gasteiger partial charge on any atom is 0.253 e. The van der Waals surface area contributed by atoms with Gasteiger partial charge in [0.05, 0.1) is 6.54 Å². The van der Waals surface area contributed by atoms with E-state index < -0.39 is 0 Å². The van der Waals surface area contributed by atoms with Gasteiger partial charge < -0.3 is 20.4 Å². The first-order valence-corrected chi connectivity index (χ1v) is 10.9. The number of carbonyl (C=O) groups excluding carboxylic acids is 3. The van der Waals surface area contributed by atoms with Crippen molar-refractivity contribution in [1.29, 1.82) is 0 Å². The second-order valence-electron chi connectivity index (χ2n) is 9.23. The summed E-state index contributed by atoms with van der Waals surface area (Å²) >= 11 is 0. The molecule has 0 radical (unpaired) electrons. The molecule has 1 heterocycles. The number of hydrogen-bond acceptors (Lipinski definition) is 4. The highest BCUT2D eigenvalue weighted by Crippen LogP contribution is 2.22. The maximum atomic E-state index is 12.6. The molecular weight excluding hydrogens is 404 g/mol. The third kappa shape index (κ3) is 6.17. The molecule has 0 aliphatic carbocycles. The van der Waals surface area contributed by atoms with Crippen LogP contribution in [0.2, 0.25) is 0 Å². The van der Waals surface area contributed by atoms with Crippen LogP contribution in [0.15, 0.2) is 48.5 Å². The van der Waals surface area contributed by atoms with Crippen molar-refractivity contribution in [1.82, 2.24) is 15.1 Å². The average molecular weight is 437 g/mol. The summed E-state index contributed by atoms with van der Waals surface area (Å²) < 4.78 is 0. The average Bonchev–Trinajstić information content (AvgIpc) is 2.77. The molecule has 0 aromatic heterocycles. The number of anilines is 1. The van der Waals surface area contributed by atoms with Crippen LogP contribution in [-0.2, 0) is 10.2 Å². The second-order valence-corrected chi connectivity index (χ2v) is 9.23. The molecule has 7 nitrogen and oxygen atoms in total. The third-order valence-electron chi connectivity index (χ3n) is 5.63. The summed E-state index contributed by atoms with van der Waals surface area (Å²) in [5.74, 6) is -0.628. The van der Waals surface area contributed by atoms with Crippen LogP contribution in [0.5, 0.6) is 0 Å². The molecule has 3 rings (SSSR count). The van der Waals surface area contributed by atoms with Crippen molar-refractivity contribution in [3.63, 3.8) is 0 Å². The van der Waals surface area contributed by atoms with Gasteiger partial charge in [0.25, 0.3) is 11.8 Å². The van der Waals surface area contributed by atoms with Crippen molar-refractivity contribution < 1.29 is 14.4 Å². The Morgan fingerprint density at radius 1 is 0.844 bits per heavy atom. The summed E-state index contributed by atoms with van der Waals surface area (Å²) in [5.41, 5.74) is 2.84. The van der Waals surface area contributed by atoms with E-state index in [1.54, 1.807) is 36.4 Å². The highest BCUT2D eigenvalue weighted by Gasteiger charge is 2.20. The van der Waals surface area contributed by atoms with E-state index in [9.17, 15) is 14.4 Å². The first-order valence-electron chi connectivity index (χ1n) is 10.9. The molecule has 0 unspecified atom stereocenters. The van der Waals surface area contributed by atoms with Crippen LogP contribution >= 0.6 is 0 Å². The summed E-state index contributed by atoms with van der Waals surface area (Å²) in [6, 6.07) is 14.2. The molecule has 1 saturated heterocycles. The van der Waals surface area contributed by atoms with Gasteiger partial charge in [-0.3, -0.25) is 14.4 Å². The zero-order chi connectivity index (χ0) is 23.3. The van der Waals surface area contributed by atoms with Crippen LogP contribution in [0, 0.1) is 0 Å². The van der Waals surface area contributed by atoms with Gasteiger partial charge in [0.2, 0.25) is 5.91 Å². The van der Waals surface area contributed by atoms with Crippen LogP contribution in [-0.4, -0.2) is 67.3 Å². The van der Waals surface area contributed by atoms with Crippen molar-refractivity contribution in [2.24, 2.45) is 0 Å². The molecule has 7 heteroatoms. The fourth-order valence-electron chi connectivity index (χ4n) is 3.48. The fourth-order valence-corrected chi connectivity index (χ4v) is 3.48. The molecule has 0 spiro atoms. The minimum atomic E-state index is -0.331. The number of benzene rings is 2. The van der Waals surface area contributed by atoms with Gasteiger partial charge in [0, 0.05) is 43.0 Å². The second kappa shape index (κ2) is 9.96. The molecule has 3 amide bonds. The van der Waals surface area contributed by atoms with Crippen LogP contribution < -0.4 is 10.6 Å². The van der Waals surface area contributed by atoms with E-state index in [-0.39, 0.29) is 29.7 Å². The van der Waals surface area contributed by atoms with Gasteiger partial charge in [-0.25, -0.2) is 0 Å². The van der Waals surface area contributed by atoms with Crippen LogP contribution in [0.25, 0.3) is 0 Å². The third-order valence-corrected chi connectivity index (χ3v) is 5.63. The minimum absolute atomic E-state index is 0.000666. The lowest BCUT2D eigenvalue weighted by Crippen LogP contribution is -2.47. The number of nitrogens with one attached hydrogen (secondary N) is 2. The predicted octanol–water partition coefficient (Wildman–Crippen LogP) is 2.74. The van der Waals surface area contributed by atoms with Gasteiger partial charge in [-0.2, -0.15) is 0 Å². The summed E-state index contributed by atoms with van der Waals surface area (Å²) in [5, 5.41) is 5.38. The van der Waals surface area contributed by atoms with Gasteiger partial charge >= 0.3 is 0 Å². The Balaban J connectivity index is 1.48. The molecule has 0 atom stereocenters. The number of piperazine rings is 1. The van der Waals surface area contributed by atoms with Gasteiger partial charge in [-0.05, 0) is 54.4 Å². The Morgan fingerprint density at radius 2 is 1.41 bits per heavy atom. The predicted molar refractivity (Wildman–Crippen MR) is 126 cm³/mol. The molecule has 0 saturated carbocycles. The lowest BCUT2D eigenvalue weighted by Gasteiger charge is -2.32. The van der Waals surface area contributed by atoms with E-state index in [1.807, 2.05) is 24.1 Å². The van der Waals surface area contributed by atoms with Crippen LogP contribution in [0.1, 0.15) is 47.1 Å². The summed E-state index contributed by atoms with van der Waals surface area (Å²) in [6.07, 6.45) is 0. The Kier molecular flexibility index (Phi) is 7.30. The van der Waals surface area contributed by atoms with Crippen molar-refractivity contribution in [2.45, 2.75) is 26.2 Å². The van der Waals surface area contributed by atoms with E-state index in [1.165, 1.54) is 0 Å². The maximum absolute atomic E-state index is 12.6. The first-order chi connectivity index (χ1) is 15.1. The molecule has 1 aliphatic rings. The van der Waals surface area contributed by atoms with Crippen LogP contribution in [0.4, 0.5) is 5.69 Å². The van der Waals surface area contributed by atoms with Gasteiger partial charge in [0.15, 0.2) is 0 Å². The van der Waals surface area contributed by atoms with Crippen molar-refractivity contribution >= 4 is 23.4 Å². The van der Waals surface area contributed by atoms with Gasteiger partial charge in [0.1, 0.15) is 0 Å². The first kappa shape index (κ1) is 23.5. The highest BCUT2D eigenvalue weighted by molar-refractivity contribution is 6.00. The zero-order valence-electron chi connectivity index (χ0n) is 19.3.